The molecule has 0 amide bonds. The standard InChI is InChI=1S/C12H22N4O/c1-3-6-16-11(13-10-14-16)8-12(17)5-4-7-15(2)9-12/h10,17H,3-9H2,1-2H3. The summed E-state index contributed by atoms with van der Waals surface area (Å²) in [5.74, 6) is 0.907. The van der Waals surface area contributed by atoms with Crippen molar-refractivity contribution in [2.24, 2.45) is 0 Å². The maximum Gasteiger partial charge on any atom is 0.138 e. The van der Waals surface area contributed by atoms with Gasteiger partial charge >= 0.3 is 0 Å². The van der Waals surface area contributed by atoms with Gasteiger partial charge in [-0.3, -0.25) is 4.68 Å². The van der Waals surface area contributed by atoms with Gasteiger partial charge in [0.2, 0.25) is 0 Å². The number of likely N-dealkylation sites (N-methyl/N-ethyl adjacent to an activating group) is 1. The van der Waals surface area contributed by atoms with Gasteiger partial charge in [-0.25, -0.2) is 4.98 Å². The Hall–Kier alpha value is -0.940. The molecule has 0 saturated carbocycles. The lowest BCUT2D eigenvalue weighted by atomic mass is 9.89. The summed E-state index contributed by atoms with van der Waals surface area (Å²) >= 11 is 0. The van der Waals surface area contributed by atoms with Crippen molar-refractivity contribution in [1.29, 1.82) is 0 Å². The van der Waals surface area contributed by atoms with Gasteiger partial charge in [0.1, 0.15) is 12.2 Å². The average molecular weight is 238 g/mol. The third-order valence-electron chi connectivity index (χ3n) is 3.36. The predicted octanol–water partition coefficient (Wildman–Crippen LogP) is 0.687. The molecule has 1 N–H and O–H groups in total. The van der Waals surface area contributed by atoms with Crippen LogP contribution in [0.3, 0.4) is 0 Å². The molecule has 0 radical (unpaired) electrons. The van der Waals surface area contributed by atoms with Gasteiger partial charge in [-0.2, -0.15) is 5.10 Å². The van der Waals surface area contributed by atoms with E-state index < -0.39 is 5.60 Å². The number of β-amino-alcohol motifs (C(OH)–C–C–N with tert-alkyl or cyclic N) is 1. The number of piperidine rings is 1. The number of likely N-dealkylation sites (tertiary alicyclic amines) is 1. The van der Waals surface area contributed by atoms with Gasteiger partial charge in [-0.05, 0) is 32.9 Å². The van der Waals surface area contributed by atoms with Gasteiger partial charge in [0.15, 0.2) is 0 Å². The zero-order valence-corrected chi connectivity index (χ0v) is 10.8. The molecule has 1 aliphatic heterocycles. The number of aromatic nitrogens is 3. The Bertz CT molecular complexity index is 365. The number of aliphatic hydroxyl groups is 1. The van der Waals surface area contributed by atoms with E-state index in [0.29, 0.717) is 6.42 Å². The van der Waals surface area contributed by atoms with Crippen molar-refractivity contribution in [1.82, 2.24) is 19.7 Å². The first kappa shape index (κ1) is 12.5. The van der Waals surface area contributed by atoms with Crippen molar-refractivity contribution in [3.8, 4) is 0 Å². The fourth-order valence-electron chi connectivity index (χ4n) is 2.60. The Labute approximate surface area is 102 Å². The molecule has 0 aromatic carbocycles. The summed E-state index contributed by atoms with van der Waals surface area (Å²) in [4.78, 5) is 6.46. The summed E-state index contributed by atoms with van der Waals surface area (Å²) in [5, 5.41) is 14.8. The van der Waals surface area contributed by atoms with Gasteiger partial charge in [-0.15, -0.1) is 0 Å². The van der Waals surface area contributed by atoms with Crippen LogP contribution in [-0.2, 0) is 13.0 Å². The van der Waals surface area contributed by atoms with Crippen molar-refractivity contribution in [3.63, 3.8) is 0 Å². The second kappa shape index (κ2) is 5.14. The van der Waals surface area contributed by atoms with Crippen LogP contribution in [-0.4, -0.2) is 50.5 Å². The second-order valence-electron chi connectivity index (χ2n) is 5.14. The highest BCUT2D eigenvalue weighted by molar-refractivity contribution is 4.97. The van der Waals surface area contributed by atoms with Crippen LogP contribution in [0.2, 0.25) is 0 Å². The maximum atomic E-state index is 10.6. The first-order valence-corrected chi connectivity index (χ1v) is 6.40. The fourth-order valence-corrected chi connectivity index (χ4v) is 2.60. The van der Waals surface area contributed by atoms with E-state index in [1.807, 2.05) is 4.68 Å². The highest BCUT2D eigenvalue weighted by atomic mass is 16.3. The molecule has 1 aromatic rings. The second-order valence-corrected chi connectivity index (χ2v) is 5.14. The lowest BCUT2D eigenvalue weighted by Crippen LogP contribution is -2.48. The minimum atomic E-state index is -0.633. The van der Waals surface area contributed by atoms with E-state index in [9.17, 15) is 5.11 Å². The zero-order chi connectivity index (χ0) is 12.3. The molecule has 1 atom stereocenters. The van der Waals surface area contributed by atoms with Crippen LogP contribution in [0, 0.1) is 0 Å². The van der Waals surface area contributed by atoms with Crippen LogP contribution >= 0.6 is 0 Å². The molecule has 5 heteroatoms. The van der Waals surface area contributed by atoms with Crippen LogP contribution < -0.4 is 0 Å². The minimum absolute atomic E-state index is 0.608. The van der Waals surface area contributed by atoms with Gasteiger partial charge in [0.05, 0.1) is 5.60 Å². The smallest absolute Gasteiger partial charge is 0.138 e. The van der Waals surface area contributed by atoms with Crippen molar-refractivity contribution >= 4 is 0 Å². The molecule has 5 nitrogen and oxygen atoms in total. The molecule has 17 heavy (non-hydrogen) atoms. The van der Waals surface area contributed by atoms with Crippen molar-refractivity contribution in [3.05, 3.63) is 12.2 Å². The highest BCUT2D eigenvalue weighted by Crippen LogP contribution is 2.23. The van der Waals surface area contributed by atoms with Crippen LogP contribution in [0.15, 0.2) is 6.33 Å². The average Bonchev–Trinajstić information content (AvgIpc) is 2.65. The first-order valence-electron chi connectivity index (χ1n) is 6.40. The van der Waals surface area contributed by atoms with Crippen molar-refractivity contribution in [2.75, 3.05) is 20.1 Å². The molecule has 0 aliphatic carbocycles. The monoisotopic (exact) mass is 238 g/mol. The van der Waals surface area contributed by atoms with Crippen molar-refractivity contribution in [2.45, 2.75) is 44.8 Å². The summed E-state index contributed by atoms with van der Waals surface area (Å²) < 4.78 is 1.91. The third-order valence-corrected chi connectivity index (χ3v) is 3.36. The van der Waals surface area contributed by atoms with Crippen LogP contribution in [0.5, 0.6) is 0 Å². The van der Waals surface area contributed by atoms with E-state index in [-0.39, 0.29) is 0 Å². The van der Waals surface area contributed by atoms with Gasteiger partial charge < -0.3 is 10.0 Å². The number of aryl methyl sites for hydroxylation is 1. The molecule has 1 saturated heterocycles. The Morgan fingerprint density at radius 3 is 3.06 bits per heavy atom. The van der Waals surface area contributed by atoms with E-state index in [0.717, 1.165) is 44.7 Å². The Morgan fingerprint density at radius 2 is 2.35 bits per heavy atom. The lowest BCUT2D eigenvalue weighted by molar-refractivity contribution is -0.0245. The number of hydrogen-bond acceptors (Lipinski definition) is 4. The molecule has 1 fully saturated rings. The molecular weight excluding hydrogens is 216 g/mol. The normalized spacial score (nSPS) is 26.3. The fraction of sp³-hybridized carbons (Fsp3) is 0.833. The largest absolute Gasteiger partial charge is 0.388 e. The van der Waals surface area contributed by atoms with Crippen LogP contribution in [0.4, 0.5) is 0 Å². The van der Waals surface area contributed by atoms with Crippen molar-refractivity contribution < 1.29 is 5.11 Å². The number of hydrogen-bond donors (Lipinski definition) is 1. The van der Waals surface area contributed by atoms with Crippen LogP contribution in [0.1, 0.15) is 32.0 Å². The van der Waals surface area contributed by atoms with Gasteiger partial charge in [-0.1, -0.05) is 6.92 Å². The number of rotatable bonds is 4. The third kappa shape index (κ3) is 3.04. The molecule has 0 spiro atoms. The van der Waals surface area contributed by atoms with Crippen LogP contribution in [0.25, 0.3) is 0 Å². The van der Waals surface area contributed by atoms with Gasteiger partial charge in [0, 0.05) is 19.5 Å². The number of nitrogens with zero attached hydrogens (tertiary/aromatic N) is 4. The predicted molar refractivity (Wildman–Crippen MR) is 65.7 cm³/mol. The Morgan fingerprint density at radius 1 is 1.53 bits per heavy atom. The molecular formula is C12H22N4O. The minimum Gasteiger partial charge on any atom is -0.388 e. The zero-order valence-electron chi connectivity index (χ0n) is 10.8. The molecule has 2 rings (SSSR count). The molecule has 1 unspecified atom stereocenters. The lowest BCUT2D eigenvalue weighted by Gasteiger charge is -2.37. The molecule has 1 aromatic heterocycles. The summed E-state index contributed by atoms with van der Waals surface area (Å²) in [7, 11) is 2.06. The Balaban J connectivity index is 2.05. The Kier molecular flexibility index (Phi) is 3.79. The SMILES string of the molecule is CCCn1ncnc1CC1(O)CCCN(C)C1. The first-order chi connectivity index (χ1) is 8.13. The summed E-state index contributed by atoms with van der Waals surface area (Å²) in [6.07, 6.45) is 5.14. The molecule has 1 aliphatic rings. The molecule has 96 valence electrons. The van der Waals surface area contributed by atoms with Gasteiger partial charge in [0.25, 0.3) is 0 Å². The topological polar surface area (TPSA) is 54.2 Å². The molecule has 2 heterocycles. The van der Waals surface area contributed by atoms with E-state index in [1.54, 1.807) is 6.33 Å². The summed E-state index contributed by atoms with van der Waals surface area (Å²) in [6.45, 7) is 4.80. The van der Waals surface area contributed by atoms with E-state index in [2.05, 4.69) is 29.0 Å². The highest BCUT2D eigenvalue weighted by Gasteiger charge is 2.33. The van der Waals surface area contributed by atoms with E-state index in [4.69, 9.17) is 0 Å². The van der Waals surface area contributed by atoms with E-state index in [1.165, 1.54) is 0 Å². The molecule has 0 bridgehead atoms. The maximum absolute atomic E-state index is 10.6. The quantitative estimate of drug-likeness (QED) is 0.838. The summed E-state index contributed by atoms with van der Waals surface area (Å²) in [5.41, 5.74) is -0.633. The van der Waals surface area contributed by atoms with E-state index >= 15 is 0 Å². The summed E-state index contributed by atoms with van der Waals surface area (Å²) in [6, 6.07) is 0.